The molecule has 1 unspecified atom stereocenters. The molecule has 0 spiro atoms. The van der Waals surface area contributed by atoms with E-state index in [0.717, 1.165) is 83.6 Å². The van der Waals surface area contributed by atoms with E-state index in [9.17, 15) is 52.7 Å². The van der Waals surface area contributed by atoms with E-state index in [-0.39, 0.29) is 18.1 Å². The molecule has 19 nitrogen and oxygen atoms in total. The summed E-state index contributed by atoms with van der Waals surface area (Å²) in [6, 6.07) is -2.93. The Morgan fingerprint density at radius 1 is 0.643 bits per heavy atom. The minimum atomic E-state index is -4.60. The first kappa shape index (κ1) is 52.6. The minimum Gasteiger partial charge on any atom is -0.390 e. The first-order chi connectivity index (χ1) is 26.3. The Hall–Kier alpha value is -1.40. The molecule has 1 saturated heterocycles. The van der Waals surface area contributed by atoms with Crippen molar-refractivity contribution >= 4 is 53.2 Å². The van der Waals surface area contributed by atoms with Crippen LogP contribution in [0.3, 0.4) is 0 Å². The number of imide groups is 1. The van der Waals surface area contributed by atoms with Crippen LogP contribution in [0.15, 0.2) is 0 Å². The lowest BCUT2D eigenvalue weighted by molar-refractivity contribution is -0.148. The maximum absolute atomic E-state index is 14.0. The van der Waals surface area contributed by atoms with Crippen LogP contribution in [-0.2, 0) is 22.5 Å². The van der Waals surface area contributed by atoms with Crippen LogP contribution < -0.4 is 10.6 Å². The number of unbranched alkanes of at least 4 members (excludes halogenated alkanes) is 15. The summed E-state index contributed by atoms with van der Waals surface area (Å²) in [7, 11) is -17.8. The highest BCUT2D eigenvalue weighted by Crippen LogP contribution is 2.31. The second-order valence-corrected chi connectivity index (χ2v) is 23.7. The zero-order valence-electron chi connectivity index (χ0n) is 34.0. The average molecular weight is 877 g/mol. The number of rotatable bonds is 34. The van der Waals surface area contributed by atoms with Gasteiger partial charge in [0.2, 0.25) is 5.66 Å². The third-order valence-electron chi connectivity index (χ3n) is 9.46. The fourth-order valence-electron chi connectivity index (χ4n) is 6.05. The molecule has 10 N–H and O–H groups in total. The van der Waals surface area contributed by atoms with Crippen molar-refractivity contribution in [3.8, 4) is 0 Å². The number of hydrogen-bond donors (Lipinski definition) is 10. The van der Waals surface area contributed by atoms with Crippen LogP contribution in [0.25, 0.3) is 0 Å². The van der Waals surface area contributed by atoms with E-state index in [1.165, 1.54) is 0 Å². The standard InChI is InChI=1S/C33H72N4O15Si4/c1-5-8-11-14-17-20-23-54(43,44)49-26-33(30(38)35-32(40)37(33)29-52-56(47,48)25-22-19-16-13-10-7-3)36(31(39)34-27-50-53(4,41)42)28-51-55(45,46)24-21-18-15-12-9-6-2/h41-48H,5-29H2,1-4H3,(H,34,39)(H,35,38,40). The smallest absolute Gasteiger partial charge is 0.390 e. The molecule has 330 valence electrons. The van der Waals surface area contributed by atoms with Gasteiger partial charge in [-0.25, -0.2) is 9.59 Å². The monoisotopic (exact) mass is 876 g/mol. The molecule has 1 aliphatic heterocycles. The van der Waals surface area contributed by atoms with Crippen molar-refractivity contribution in [3.05, 3.63) is 0 Å². The molecule has 1 rings (SSSR count). The summed E-state index contributed by atoms with van der Waals surface area (Å²) in [6.07, 6.45) is 14.9. The molecule has 23 heteroatoms. The molecule has 1 atom stereocenters. The number of carbonyl (C=O) groups excluding carboxylic acids is 3. The third-order valence-corrected chi connectivity index (χ3v) is 15.0. The van der Waals surface area contributed by atoms with Gasteiger partial charge in [0, 0.05) is 24.7 Å². The highest BCUT2D eigenvalue weighted by atomic mass is 28.4. The van der Waals surface area contributed by atoms with Gasteiger partial charge in [-0.3, -0.25) is 19.9 Å². The molecule has 0 aliphatic carbocycles. The van der Waals surface area contributed by atoms with Crippen LogP contribution in [-0.4, -0.2) is 134 Å². The summed E-state index contributed by atoms with van der Waals surface area (Å²) in [4.78, 5) is 127. The SMILES string of the molecule is CCCCCCCC[Si](O)(O)OCN(C(=O)NCO[Si](C)(O)O)C1(CO[Si](O)(O)CCCCCCCC)C(=O)NC(=O)N1CO[Si](O)(O)CCCCCCCC. The fraction of sp³-hybridized carbons (Fsp3) is 0.909. The van der Waals surface area contributed by atoms with E-state index in [0.29, 0.717) is 48.3 Å². The predicted octanol–water partition coefficient (Wildman–Crippen LogP) is 2.59. The second kappa shape index (κ2) is 26.6. The number of hydrogen-bond acceptors (Lipinski definition) is 15. The number of nitrogens with one attached hydrogen (secondary N) is 2. The molecule has 0 radical (unpaired) electrons. The minimum absolute atomic E-state index is 0.134. The zero-order valence-corrected chi connectivity index (χ0v) is 38.0. The summed E-state index contributed by atoms with van der Waals surface area (Å²) in [5, 5.41) is 4.26. The van der Waals surface area contributed by atoms with Gasteiger partial charge >= 0.3 is 47.3 Å². The van der Waals surface area contributed by atoms with Gasteiger partial charge in [0.25, 0.3) is 5.91 Å². The first-order valence-electron chi connectivity index (χ1n) is 20.3. The maximum Gasteiger partial charge on any atom is 0.496 e. The van der Waals surface area contributed by atoms with Crippen molar-refractivity contribution < 1.29 is 70.5 Å². The molecule has 1 heterocycles. The molecular weight excluding hydrogens is 805 g/mol. The van der Waals surface area contributed by atoms with E-state index in [1.54, 1.807) is 0 Å². The van der Waals surface area contributed by atoms with Gasteiger partial charge in [-0.2, -0.15) is 0 Å². The van der Waals surface area contributed by atoms with Crippen molar-refractivity contribution in [2.75, 3.05) is 26.8 Å². The Kier molecular flexibility index (Phi) is 25.0. The Bertz CT molecular complexity index is 1140. The Labute approximate surface area is 336 Å². The van der Waals surface area contributed by atoms with E-state index < -0.39 is 85.6 Å². The third kappa shape index (κ3) is 21.0. The van der Waals surface area contributed by atoms with Crippen LogP contribution in [0.5, 0.6) is 0 Å². The van der Waals surface area contributed by atoms with Crippen molar-refractivity contribution in [3.63, 3.8) is 0 Å². The summed E-state index contributed by atoms with van der Waals surface area (Å²) >= 11 is 0. The molecular formula is C33H72N4O15Si4. The van der Waals surface area contributed by atoms with Gasteiger partial charge in [0.1, 0.15) is 20.2 Å². The van der Waals surface area contributed by atoms with Crippen molar-refractivity contribution in [2.24, 2.45) is 0 Å². The molecule has 0 aromatic heterocycles. The van der Waals surface area contributed by atoms with E-state index in [2.05, 4.69) is 26.1 Å². The van der Waals surface area contributed by atoms with Crippen molar-refractivity contribution in [1.29, 1.82) is 0 Å². The predicted molar refractivity (Wildman–Crippen MR) is 213 cm³/mol. The quantitative estimate of drug-likeness (QED) is 0.0193. The van der Waals surface area contributed by atoms with Crippen LogP contribution in [0.1, 0.15) is 136 Å². The largest absolute Gasteiger partial charge is 0.496 e. The van der Waals surface area contributed by atoms with Crippen LogP contribution in [0.2, 0.25) is 24.7 Å². The number of amides is 5. The van der Waals surface area contributed by atoms with Crippen molar-refractivity contribution in [2.45, 2.75) is 167 Å². The van der Waals surface area contributed by atoms with Crippen molar-refractivity contribution in [1.82, 2.24) is 20.4 Å². The molecule has 0 saturated carbocycles. The highest BCUT2D eigenvalue weighted by Gasteiger charge is 2.61. The normalized spacial score (nSPS) is 16.8. The lowest BCUT2D eigenvalue weighted by Gasteiger charge is -2.44. The summed E-state index contributed by atoms with van der Waals surface area (Å²) in [5.41, 5.74) is -2.69. The molecule has 1 fully saturated rings. The Morgan fingerprint density at radius 2 is 1.05 bits per heavy atom. The second-order valence-electron chi connectivity index (χ2n) is 14.8. The van der Waals surface area contributed by atoms with E-state index >= 15 is 0 Å². The lowest BCUT2D eigenvalue weighted by atomic mass is 10.1. The summed E-state index contributed by atoms with van der Waals surface area (Å²) in [5.74, 6) is -1.24. The maximum atomic E-state index is 14.0. The van der Waals surface area contributed by atoms with E-state index in [1.807, 2.05) is 5.32 Å². The van der Waals surface area contributed by atoms with Gasteiger partial charge in [0.05, 0.1) is 6.61 Å². The number of nitrogens with zero attached hydrogens (tertiary/aromatic N) is 2. The van der Waals surface area contributed by atoms with Crippen LogP contribution in [0.4, 0.5) is 9.59 Å². The Balaban J connectivity index is 3.49. The average Bonchev–Trinajstić information content (AvgIpc) is 3.35. The van der Waals surface area contributed by atoms with Crippen LogP contribution in [0, 0.1) is 0 Å². The molecule has 0 bridgehead atoms. The number of urea groups is 2. The highest BCUT2D eigenvalue weighted by molar-refractivity contribution is 6.58. The van der Waals surface area contributed by atoms with E-state index in [4.69, 9.17) is 17.7 Å². The first-order valence-corrected chi connectivity index (χ1v) is 28.6. The zero-order chi connectivity index (χ0) is 42.3. The van der Waals surface area contributed by atoms with Gasteiger partial charge < -0.3 is 61.4 Å². The topological polar surface area (TPSA) is 281 Å². The lowest BCUT2D eigenvalue weighted by Crippen LogP contribution is -2.70. The summed E-state index contributed by atoms with van der Waals surface area (Å²) < 4.78 is 21.5. The molecule has 0 aromatic carbocycles. The summed E-state index contributed by atoms with van der Waals surface area (Å²) in [6.45, 7) is 3.25. The van der Waals surface area contributed by atoms with Gasteiger partial charge in [-0.15, -0.1) is 0 Å². The molecule has 0 aromatic rings. The molecule has 5 amide bonds. The van der Waals surface area contributed by atoms with Gasteiger partial charge in [-0.05, 0) is 19.3 Å². The Morgan fingerprint density at radius 3 is 1.50 bits per heavy atom. The molecule has 56 heavy (non-hydrogen) atoms. The molecule has 1 aliphatic rings. The van der Waals surface area contributed by atoms with Gasteiger partial charge in [-0.1, -0.05) is 117 Å². The van der Waals surface area contributed by atoms with Crippen LogP contribution >= 0.6 is 0 Å². The number of carbonyl (C=O) groups is 3. The van der Waals surface area contributed by atoms with Gasteiger partial charge in [0.15, 0.2) is 0 Å². The fourth-order valence-corrected chi connectivity index (χ4v) is 10.1.